The minimum atomic E-state index is -0.151. The summed E-state index contributed by atoms with van der Waals surface area (Å²) in [5.74, 6) is 0.573. The average molecular weight is 431 g/mol. The number of amides is 1. The molecular formula is C19H15ClN4O2S2. The molecule has 0 bridgehead atoms. The Balaban J connectivity index is 1.26. The zero-order chi connectivity index (χ0) is 19.3. The zero-order valence-corrected chi connectivity index (χ0v) is 17.0. The van der Waals surface area contributed by atoms with Crippen molar-refractivity contribution in [1.82, 2.24) is 15.2 Å². The molecule has 28 heavy (non-hydrogen) atoms. The molecule has 0 fully saturated rings. The topological polar surface area (TPSA) is 80.9 Å². The van der Waals surface area contributed by atoms with E-state index in [4.69, 9.17) is 16.0 Å². The lowest BCUT2D eigenvalue weighted by Crippen LogP contribution is -2.13. The van der Waals surface area contributed by atoms with E-state index < -0.39 is 0 Å². The SMILES string of the molecule is O=C(CSc1nnc(CCc2nc3ccccc3s2)o1)Nc1ccc(Cl)cc1. The fourth-order valence-corrected chi connectivity index (χ4v) is 4.17. The van der Waals surface area contributed by atoms with Crippen molar-refractivity contribution in [3.8, 4) is 0 Å². The number of nitrogens with zero attached hydrogens (tertiary/aromatic N) is 3. The van der Waals surface area contributed by atoms with E-state index in [1.807, 2.05) is 18.2 Å². The summed E-state index contributed by atoms with van der Waals surface area (Å²) < 4.78 is 6.79. The second kappa shape index (κ2) is 8.72. The number of para-hydroxylation sites is 1. The first kappa shape index (κ1) is 18.9. The van der Waals surface area contributed by atoms with Crippen molar-refractivity contribution < 1.29 is 9.21 Å². The summed E-state index contributed by atoms with van der Waals surface area (Å²) in [6.45, 7) is 0. The maximum Gasteiger partial charge on any atom is 0.277 e. The van der Waals surface area contributed by atoms with Crippen molar-refractivity contribution in [2.75, 3.05) is 11.1 Å². The summed E-state index contributed by atoms with van der Waals surface area (Å²) in [6, 6.07) is 15.0. The first-order valence-corrected chi connectivity index (χ1v) is 10.7. The maximum atomic E-state index is 12.0. The first-order valence-electron chi connectivity index (χ1n) is 8.51. The van der Waals surface area contributed by atoms with Gasteiger partial charge in [-0.3, -0.25) is 4.79 Å². The molecule has 2 heterocycles. The van der Waals surface area contributed by atoms with Crippen molar-refractivity contribution in [2.24, 2.45) is 0 Å². The highest BCUT2D eigenvalue weighted by Crippen LogP contribution is 2.23. The lowest BCUT2D eigenvalue weighted by Gasteiger charge is -2.03. The predicted molar refractivity (Wildman–Crippen MR) is 112 cm³/mol. The van der Waals surface area contributed by atoms with Crippen LogP contribution in [0.25, 0.3) is 10.2 Å². The summed E-state index contributed by atoms with van der Waals surface area (Å²) in [5, 5.41) is 12.9. The summed E-state index contributed by atoms with van der Waals surface area (Å²) in [4.78, 5) is 16.6. The number of thiazole rings is 1. The Bertz CT molecular complexity index is 1060. The molecule has 0 atom stereocenters. The normalized spacial score (nSPS) is 11.0. The third-order valence-electron chi connectivity index (χ3n) is 3.79. The highest BCUT2D eigenvalue weighted by molar-refractivity contribution is 7.99. The Morgan fingerprint density at radius 3 is 2.75 bits per heavy atom. The fourth-order valence-electron chi connectivity index (χ4n) is 2.50. The van der Waals surface area contributed by atoms with Crippen LogP contribution in [-0.4, -0.2) is 26.8 Å². The molecule has 4 aromatic rings. The minimum Gasteiger partial charge on any atom is -0.416 e. The molecule has 0 aliphatic rings. The van der Waals surface area contributed by atoms with E-state index in [2.05, 4.69) is 26.6 Å². The maximum absolute atomic E-state index is 12.0. The van der Waals surface area contributed by atoms with Gasteiger partial charge in [-0.05, 0) is 36.4 Å². The van der Waals surface area contributed by atoms with Crippen molar-refractivity contribution in [3.05, 3.63) is 64.5 Å². The van der Waals surface area contributed by atoms with E-state index in [1.54, 1.807) is 35.6 Å². The second-order valence-corrected chi connectivity index (χ2v) is 8.36. The van der Waals surface area contributed by atoms with Crippen molar-refractivity contribution in [2.45, 2.75) is 18.1 Å². The molecule has 2 aromatic heterocycles. The van der Waals surface area contributed by atoms with Crippen LogP contribution in [0.5, 0.6) is 0 Å². The van der Waals surface area contributed by atoms with Gasteiger partial charge in [0.2, 0.25) is 11.8 Å². The molecular weight excluding hydrogens is 416 g/mol. The van der Waals surface area contributed by atoms with Crippen LogP contribution < -0.4 is 5.32 Å². The molecule has 2 aromatic carbocycles. The Kier molecular flexibility index (Phi) is 5.90. The Morgan fingerprint density at radius 2 is 1.93 bits per heavy atom. The summed E-state index contributed by atoms with van der Waals surface area (Å²) in [5.41, 5.74) is 1.70. The van der Waals surface area contributed by atoms with E-state index in [-0.39, 0.29) is 11.7 Å². The van der Waals surface area contributed by atoms with Gasteiger partial charge >= 0.3 is 0 Å². The Hall–Kier alpha value is -2.42. The van der Waals surface area contributed by atoms with Gasteiger partial charge in [0.15, 0.2) is 0 Å². The van der Waals surface area contributed by atoms with Crippen LogP contribution >= 0.6 is 34.7 Å². The minimum absolute atomic E-state index is 0.151. The molecule has 9 heteroatoms. The molecule has 1 amide bonds. The number of hydrogen-bond acceptors (Lipinski definition) is 7. The molecule has 4 rings (SSSR count). The number of carbonyl (C=O) groups is 1. The van der Waals surface area contributed by atoms with Gasteiger partial charge < -0.3 is 9.73 Å². The van der Waals surface area contributed by atoms with Gasteiger partial charge in [-0.2, -0.15) is 0 Å². The van der Waals surface area contributed by atoms with Crippen molar-refractivity contribution >= 4 is 56.5 Å². The monoisotopic (exact) mass is 430 g/mol. The van der Waals surface area contributed by atoms with Gasteiger partial charge in [0.1, 0.15) is 0 Å². The molecule has 142 valence electrons. The molecule has 0 unspecified atom stereocenters. The van der Waals surface area contributed by atoms with Crippen LogP contribution in [0.1, 0.15) is 10.9 Å². The van der Waals surface area contributed by atoms with Crippen molar-refractivity contribution in [3.63, 3.8) is 0 Å². The van der Waals surface area contributed by atoms with E-state index >= 15 is 0 Å². The summed E-state index contributed by atoms with van der Waals surface area (Å²) in [7, 11) is 0. The molecule has 0 aliphatic carbocycles. The highest BCUT2D eigenvalue weighted by atomic mass is 35.5. The molecule has 0 radical (unpaired) electrons. The van der Waals surface area contributed by atoms with Gasteiger partial charge in [-0.15, -0.1) is 21.5 Å². The Morgan fingerprint density at radius 1 is 1.11 bits per heavy atom. The van der Waals surface area contributed by atoms with Crippen LogP contribution in [0, 0.1) is 0 Å². The number of nitrogens with one attached hydrogen (secondary N) is 1. The fraction of sp³-hybridized carbons (Fsp3) is 0.158. The standard InChI is InChI=1S/C19H15ClN4O2S2/c20-12-5-7-13(8-6-12)21-16(25)11-27-19-24-23-17(26-19)9-10-18-22-14-3-1-2-4-15(14)28-18/h1-8H,9-11H2,(H,21,25). The second-order valence-electron chi connectivity index (χ2n) is 5.88. The lowest BCUT2D eigenvalue weighted by atomic mass is 10.3. The smallest absolute Gasteiger partial charge is 0.277 e. The number of carbonyl (C=O) groups excluding carboxylic acids is 1. The van der Waals surface area contributed by atoms with Crippen LogP contribution in [-0.2, 0) is 17.6 Å². The molecule has 0 saturated heterocycles. The quantitative estimate of drug-likeness (QED) is 0.422. The number of benzene rings is 2. The largest absolute Gasteiger partial charge is 0.416 e. The van der Waals surface area contributed by atoms with Gasteiger partial charge in [0.05, 0.1) is 21.0 Å². The molecule has 6 nitrogen and oxygen atoms in total. The van der Waals surface area contributed by atoms with Crippen LogP contribution in [0.4, 0.5) is 5.69 Å². The number of rotatable bonds is 7. The number of halogens is 1. The molecule has 0 saturated carbocycles. The van der Waals surface area contributed by atoms with E-state index in [0.717, 1.165) is 16.9 Å². The first-order chi connectivity index (χ1) is 13.7. The van der Waals surface area contributed by atoms with E-state index in [9.17, 15) is 4.79 Å². The van der Waals surface area contributed by atoms with Crippen molar-refractivity contribution in [1.29, 1.82) is 0 Å². The van der Waals surface area contributed by atoms with E-state index in [1.165, 1.54) is 16.5 Å². The van der Waals surface area contributed by atoms with Gasteiger partial charge in [0.25, 0.3) is 5.22 Å². The number of aryl methyl sites for hydroxylation is 2. The number of hydrogen-bond donors (Lipinski definition) is 1. The highest BCUT2D eigenvalue weighted by Gasteiger charge is 2.11. The molecule has 1 N–H and O–H groups in total. The van der Waals surface area contributed by atoms with Gasteiger partial charge in [0, 0.05) is 23.6 Å². The molecule has 0 spiro atoms. The Labute approximate surface area is 174 Å². The third kappa shape index (κ3) is 4.89. The van der Waals surface area contributed by atoms with Crippen LogP contribution in [0.3, 0.4) is 0 Å². The lowest BCUT2D eigenvalue weighted by molar-refractivity contribution is -0.113. The summed E-state index contributed by atoms with van der Waals surface area (Å²) in [6.07, 6.45) is 1.35. The van der Waals surface area contributed by atoms with Gasteiger partial charge in [-0.25, -0.2) is 4.98 Å². The predicted octanol–water partition coefficient (Wildman–Crippen LogP) is 4.85. The number of aromatic nitrogens is 3. The summed E-state index contributed by atoms with van der Waals surface area (Å²) >= 11 is 8.71. The van der Waals surface area contributed by atoms with Crippen LogP contribution in [0.2, 0.25) is 5.02 Å². The number of anilines is 1. The number of fused-ring (bicyclic) bond motifs is 1. The average Bonchev–Trinajstić information content (AvgIpc) is 3.33. The van der Waals surface area contributed by atoms with Crippen LogP contribution in [0.15, 0.2) is 58.2 Å². The molecule has 0 aliphatic heterocycles. The zero-order valence-electron chi connectivity index (χ0n) is 14.6. The van der Waals surface area contributed by atoms with Gasteiger partial charge in [-0.1, -0.05) is 35.5 Å². The number of thioether (sulfide) groups is 1. The van der Waals surface area contributed by atoms with E-state index in [0.29, 0.717) is 28.2 Å². The third-order valence-corrected chi connectivity index (χ3v) is 5.96.